The van der Waals surface area contributed by atoms with E-state index in [1.807, 2.05) is 20.8 Å². The minimum absolute atomic E-state index is 0.141. The van der Waals surface area contributed by atoms with Crippen molar-refractivity contribution >= 4 is 9.73 Å². The van der Waals surface area contributed by atoms with E-state index in [4.69, 9.17) is 0 Å². The summed E-state index contributed by atoms with van der Waals surface area (Å²) >= 11 is 0. The molecular weight excluding hydrogens is 122 g/mol. The highest BCUT2D eigenvalue weighted by Crippen LogP contribution is 2.27. The molecule has 0 aliphatic carbocycles. The molecule has 0 bridgehead atoms. The molecule has 1 heterocycles. The molecule has 8 heavy (non-hydrogen) atoms. The second-order valence-electron chi connectivity index (χ2n) is 2.37. The minimum atomic E-state index is -1.69. The first-order valence-electron chi connectivity index (χ1n) is 2.81. The fourth-order valence-electron chi connectivity index (χ4n) is 0.723. The maximum atomic E-state index is 11.2. The van der Waals surface area contributed by atoms with E-state index in [2.05, 4.69) is 4.36 Å². The molecule has 0 spiro atoms. The van der Waals surface area contributed by atoms with Gasteiger partial charge in [-0.2, -0.15) is 0 Å². The maximum Gasteiger partial charge on any atom is 0.140 e. The van der Waals surface area contributed by atoms with Gasteiger partial charge in [0.1, 0.15) is 5.37 Å². The molecule has 0 fully saturated rings. The molecule has 0 aromatic carbocycles. The number of hydrogen-bond acceptors (Lipinski definition) is 2. The number of hydrogen-bond donors (Lipinski definition) is 0. The fraction of sp³-hybridized carbons (Fsp3) is 1.00. The van der Waals surface area contributed by atoms with Crippen molar-refractivity contribution < 1.29 is 4.21 Å². The van der Waals surface area contributed by atoms with Crippen LogP contribution in [0, 0.1) is 0 Å². The molecule has 0 saturated carbocycles. The van der Waals surface area contributed by atoms with E-state index >= 15 is 0 Å². The van der Waals surface area contributed by atoms with Gasteiger partial charge in [0.25, 0.3) is 0 Å². The van der Waals surface area contributed by atoms with Crippen molar-refractivity contribution in [1.29, 1.82) is 0 Å². The normalized spacial score (nSPS) is 44.2. The Morgan fingerprint density at radius 3 is 2.00 bits per heavy atom. The van der Waals surface area contributed by atoms with Crippen LogP contribution in [0.1, 0.15) is 20.8 Å². The highest BCUT2D eigenvalue weighted by Gasteiger charge is 2.34. The van der Waals surface area contributed by atoms with Crippen molar-refractivity contribution in [3.8, 4) is 0 Å². The van der Waals surface area contributed by atoms with Crippen molar-refractivity contribution in [1.82, 2.24) is 0 Å². The van der Waals surface area contributed by atoms with Crippen LogP contribution in [0.4, 0.5) is 0 Å². The Kier molecular flexibility index (Phi) is 1.11. The van der Waals surface area contributed by atoms with Gasteiger partial charge in [-0.05, 0) is 6.92 Å². The lowest BCUT2D eigenvalue weighted by Crippen LogP contribution is -2.06. The topological polar surface area (TPSA) is 29.4 Å². The lowest BCUT2D eigenvalue weighted by molar-refractivity contribution is 0.677. The summed E-state index contributed by atoms with van der Waals surface area (Å²) in [5.41, 5.74) is 0. The van der Waals surface area contributed by atoms with Gasteiger partial charge in [-0.1, -0.05) is 13.8 Å². The van der Waals surface area contributed by atoms with Crippen molar-refractivity contribution in [3.63, 3.8) is 0 Å². The summed E-state index contributed by atoms with van der Waals surface area (Å²) in [6.07, 6.45) is 0. The zero-order valence-electron chi connectivity index (χ0n) is 5.42. The van der Waals surface area contributed by atoms with E-state index in [0.29, 0.717) is 0 Å². The molecule has 0 saturated heterocycles. The van der Waals surface area contributed by atoms with Gasteiger partial charge in [0.05, 0.1) is 9.73 Å². The fourth-order valence-corrected chi connectivity index (χ4v) is 2.42. The first-order chi connectivity index (χ1) is 3.57. The third-order valence-electron chi connectivity index (χ3n) is 1.43. The van der Waals surface area contributed by atoms with Gasteiger partial charge >= 0.3 is 0 Å². The molecule has 0 radical (unpaired) electrons. The van der Waals surface area contributed by atoms with Gasteiger partial charge in [-0.15, -0.1) is 0 Å². The van der Waals surface area contributed by atoms with Crippen LogP contribution in [0.2, 0.25) is 0 Å². The van der Waals surface area contributed by atoms with Gasteiger partial charge in [-0.25, -0.2) is 8.57 Å². The molecule has 3 heteroatoms. The molecule has 1 aliphatic rings. The Morgan fingerprint density at radius 2 is 2.00 bits per heavy atom. The van der Waals surface area contributed by atoms with Crippen LogP contribution < -0.4 is 0 Å². The van der Waals surface area contributed by atoms with Gasteiger partial charge in [0.15, 0.2) is 0 Å². The molecule has 2 nitrogen and oxygen atoms in total. The van der Waals surface area contributed by atoms with E-state index in [1.54, 1.807) is 0 Å². The Balaban J connectivity index is 2.76. The molecule has 48 valence electrons. The van der Waals surface area contributed by atoms with Crippen molar-refractivity contribution in [2.75, 3.05) is 0 Å². The molecular formula is C5H11NOS. The zero-order valence-corrected chi connectivity index (χ0v) is 6.23. The molecule has 0 N–H and O–H groups in total. The second-order valence-corrected chi connectivity index (χ2v) is 5.43. The monoisotopic (exact) mass is 133 g/mol. The van der Waals surface area contributed by atoms with Crippen LogP contribution in [-0.2, 0) is 9.73 Å². The molecule has 1 rings (SSSR count). The summed E-state index contributed by atoms with van der Waals surface area (Å²) in [5, 5.41) is 0.389. The molecule has 2 atom stereocenters. The SMILES string of the molecule is CC(C)S1(=O)=NC1C. The molecule has 1 aliphatic heterocycles. The predicted octanol–water partition coefficient (Wildman–Crippen LogP) is 1.22. The highest BCUT2D eigenvalue weighted by molar-refractivity contribution is 7.99. The smallest absolute Gasteiger partial charge is 0.140 e. The Labute approximate surface area is 50.5 Å². The lowest BCUT2D eigenvalue weighted by atomic mass is 10.6. The molecule has 0 aromatic heterocycles. The maximum absolute atomic E-state index is 11.2. The first-order valence-corrected chi connectivity index (χ1v) is 4.45. The van der Waals surface area contributed by atoms with E-state index in [0.717, 1.165) is 0 Å². The lowest BCUT2D eigenvalue weighted by Gasteiger charge is -1.94. The Hall–Kier alpha value is -0.0500. The summed E-state index contributed by atoms with van der Waals surface area (Å²) in [7, 11) is -1.69. The summed E-state index contributed by atoms with van der Waals surface area (Å²) in [6.45, 7) is 5.81. The van der Waals surface area contributed by atoms with E-state index < -0.39 is 9.73 Å². The van der Waals surface area contributed by atoms with Gasteiger partial charge in [-0.3, -0.25) is 0 Å². The van der Waals surface area contributed by atoms with Crippen molar-refractivity contribution in [2.45, 2.75) is 31.4 Å². The summed E-state index contributed by atoms with van der Waals surface area (Å²) in [6, 6.07) is 0. The van der Waals surface area contributed by atoms with Gasteiger partial charge in [0, 0.05) is 5.25 Å². The van der Waals surface area contributed by atoms with Crippen LogP contribution in [0.25, 0.3) is 0 Å². The second kappa shape index (κ2) is 1.47. The first kappa shape index (κ1) is 6.08. The summed E-state index contributed by atoms with van der Waals surface area (Å²) < 4.78 is 15.1. The largest absolute Gasteiger partial charge is 0.247 e. The standard InChI is InChI=1S/C5H11NOS/c1-4(2)8(7)5(3)6-8/h4-5H,1-3H3. The quantitative estimate of drug-likeness (QED) is 0.529. The number of rotatable bonds is 1. The Morgan fingerprint density at radius 1 is 1.62 bits per heavy atom. The molecule has 0 aromatic rings. The average molecular weight is 133 g/mol. The average Bonchev–Trinajstić information content (AvgIpc) is 2.17. The Bertz CT molecular complexity index is 200. The van der Waals surface area contributed by atoms with E-state index in [-0.39, 0.29) is 10.6 Å². The third-order valence-corrected chi connectivity index (χ3v) is 4.30. The summed E-state index contributed by atoms with van der Waals surface area (Å²) in [4.78, 5) is 0. The van der Waals surface area contributed by atoms with Gasteiger partial charge in [0.2, 0.25) is 0 Å². The minimum Gasteiger partial charge on any atom is -0.247 e. The zero-order chi connectivity index (χ0) is 6.36. The van der Waals surface area contributed by atoms with Crippen LogP contribution in [0.15, 0.2) is 4.36 Å². The van der Waals surface area contributed by atoms with Crippen LogP contribution in [-0.4, -0.2) is 14.8 Å². The summed E-state index contributed by atoms with van der Waals surface area (Å²) in [5.74, 6) is 0. The van der Waals surface area contributed by atoms with Gasteiger partial charge < -0.3 is 0 Å². The third kappa shape index (κ3) is 0.652. The highest BCUT2D eigenvalue weighted by atomic mass is 32.2. The molecule has 0 amide bonds. The van der Waals surface area contributed by atoms with E-state index in [9.17, 15) is 4.21 Å². The van der Waals surface area contributed by atoms with Crippen LogP contribution >= 0.6 is 0 Å². The van der Waals surface area contributed by atoms with Crippen LogP contribution in [0.3, 0.4) is 0 Å². The van der Waals surface area contributed by atoms with Crippen LogP contribution in [0.5, 0.6) is 0 Å². The van der Waals surface area contributed by atoms with Crippen molar-refractivity contribution in [2.24, 2.45) is 4.36 Å². The molecule has 2 unspecified atom stereocenters. The number of nitrogens with zero attached hydrogens (tertiary/aromatic N) is 1. The predicted molar refractivity (Wildman–Crippen MR) is 35.2 cm³/mol. The van der Waals surface area contributed by atoms with Crippen molar-refractivity contribution in [3.05, 3.63) is 0 Å². The van der Waals surface area contributed by atoms with E-state index in [1.165, 1.54) is 0 Å².